The first-order valence-electron chi connectivity index (χ1n) is 6.73. The Hall–Kier alpha value is -0.920. The van der Waals surface area contributed by atoms with Crippen LogP contribution in [-0.4, -0.2) is 47.0 Å². The number of carbonyl (C=O) groups is 1. The van der Waals surface area contributed by atoms with E-state index in [0.29, 0.717) is 15.6 Å². The highest BCUT2D eigenvalue weighted by molar-refractivity contribution is 7.88. The van der Waals surface area contributed by atoms with Gasteiger partial charge in [-0.3, -0.25) is 15.1 Å². The second-order valence-corrected chi connectivity index (χ2v) is 7.42. The third-order valence-corrected chi connectivity index (χ3v) is 5.23. The summed E-state index contributed by atoms with van der Waals surface area (Å²) < 4.78 is 21.0. The van der Waals surface area contributed by atoms with E-state index in [0.717, 1.165) is 0 Å². The normalized spacial score (nSPS) is 33.0. The molecule has 0 aromatic heterocycles. The van der Waals surface area contributed by atoms with Crippen molar-refractivity contribution in [1.82, 2.24) is 21.3 Å². The molecular weight excluding hydrogens is 381 g/mol. The van der Waals surface area contributed by atoms with Gasteiger partial charge in [-0.05, 0) is 0 Å². The maximum atomic E-state index is 12.0. The maximum absolute atomic E-state index is 12.0. The lowest BCUT2D eigenvalue weighted by molar-refractivity contribution is -0.120. The lowest BCUT2D eigenvalue weighted by Gasteiger charge is -2.44. The van der Waals surface area contributed by atoms with Crippen molar-refractivity contribution in [3.8, 4) is 0 Å². The number of hydrogen-bond acceptors (Lipinski definition) is 10. The van der Waals surface area contributed by atoms with Crippen LogP contribution in [0, 0.1) is 0 Å². The van der Waals surface area contributed by atoms with Crippen LogP contribution in [-0.2, 0) is 18.6 Å². The van der Waals surface area contributed by atoms with E-state index in [-0.39, 0.29) is 5.70 Å². The summed E-state index contributed by atoms with van der Waals surface area (Å²) in [6.07, 6.45) is -2.27. The van der Waals surface area contributed by atoms with Gasteiger partial charge in [0, 0.05) is 9.81 Å². The zero-order valence-corrected chi connectivity index (χ0v) is 14.6. The molecule has 0 aliphatic carbocycles. The zero-order chi connectivity index (χ0) is 17.6. The zero-order valence-electron chi connectivity index (χ0n) is 12.0. The number of rotatable bonds is 3. The Balaban J connectivity index is 1.81. The molecule has 0 saturated carbocycles. The topological polar surface area (TPSA) is 167 Å². The first-order valence-corrected chi connectivity index (χ1v) is 9.16. The summed E-state index contributed by atoms with van der Waals surface area (Å²) in [6.45, 7) is -0.405. The van der Waals surface area contributed by atoms with Crippen LogP contribution in [0.3, 0.4) is 0 Å². The molecule has 0 aromatic rings. The van der Waals surface area contributed by atoms with Gasteiger partial charge in [-0.1, -0.05) is 0 Å². The molecule has 1 amide bonds. The van der Waals surface area contributed by atoms with Gasteiger partial charge in [-0.2, -0.15) is 0 Å². The van der Waals surface area contributed by atoms with Gasteiger partial charge in [-0.15, -0.1) is 25.3 Å². The molecule has 3 rings (SSSR count). The van der Waals surface area contributed by atoms with Crippen molar-refractivity contribution < 1.29 is 28.4 Å². The summed E-state index contributed by atoms with van der Waals surface area (Å²) in [5.74, 6) is -0.0399. The molecule has 0 saturated heterocycles. The van der Waals surface area contributed by atoms with E-state index >= 15 is 0 Å². The highest BCUT2D eigenvalue weighted by Crippen LogP contribution is 2.39. The first kappa shape index (κ1) is 17.9. The minimum atomic E-state index is -4.64. The smallest absolute Gasteiger partial charge is 0.366 e. The largest absolute Gasteiger partial charge is 0.469 e. The highest BCUT2D eigenvalue weighted by Gasteiger charge is 2.42. The van der Waals surface area contributed by atoms with Crippen LogP contribution >= 0.6 is 33.1 Å². The molecule has 3 aliphatic rings. The van der Waals surface area contributed by atoms with E-state index in [1.807, 2.05) is 0 Å². The molecule has 1 unspecified atom stereocenters. The Morgan fingerprint density at radius 3 is 2.58 bits per heavy atom. The van der Waals surface area contributed by atoms with Crippen molar-refractivity contribution in [2.24, 2.45) is 5.73 Å². The van der Waals surface area contributed by atoms with Crippen LogP contribution in [0.2, 0.25) is 0 Å². The number of amides is 1. The van der Waals surface area contributed by atoms with Crippen molar-refractivity contribution in [3.63, 3.8) is 0 Å². The Morgan fingerprint density at radius 2 is 1.92 bits per heavy atom. The van der Waals surface area contributed by atoms with Gasteiger partial charge < -0.3 is 35.8 Å². The molecule has 4 atom stereocenters. The molecule has 0 bridgehead atoms. The van der Waals surface area contributed by atoms with Crippen molar-refractivity contribution >= 4 is 39.0 Å². The van der Waals surface area contributed by atoms with Crippen LogP contribution in [0.4, 0.5) is 0 Å². The molecule has 0 aromatic carbocycles. The van der Waals surface area contributed by atoms with Crippen molar-refractivity contribution in [3.05, 3.63) is 21.3 Å². The minimum absolute atomic E-state index is 0.249. The molecule has 134 valence electrons. The predicted molar refractivity (Wildman–Crippen MR) is 88.0 cm³/mol. The van der Waals surface area contributed by atoms with Crippen LogP contribution in [0.1, 0.15) is 0 Å². The first-order chi connectivity index (χ1) is 11.2. The Morgan fingerprint density at radius 1 is 1.21 bits per heavy atom. The summed E-state index contributed by atoms with van der Waals surface area (Å²) in [5.41, 5.74) is 5.89. The molecule has 24 heavy (non-hydrogen) atoms. The number of nitrogens with two attached hydrogens (primary N) is 1. The van der Waals surface area contributed by atoms with Gasteiger partial charge in [0.2, 0.25) is 0 Å². The van der Waals surface area contributed by atoms with Gasteiger partial charge in [0.15, 0.2) is 12.5 Å². The Kier molecular flexibility index (Phi) is 4.79. The summed E-state index contributed by atoms with van der Waals surface area (Å²) in [5, 5.41) is 11.3. The molecule has 8 N–H and O–H groups in total. The molecular formula is C10H16N5O6PS2. The number of fused-ring (bicyclic) bond motifs is 1. The van der Waals surface area contributed by atoms with Gasteiger partial charge in [0.25, 0.3) is 5.91 Å². The summed E-state index contributed by atoms with van der Waals surface area (Å²) in [4.78, 5) is 30.4. The monoisotopic (exact) mass is 397 g/mol. The molecule has 14 heteroatoms. The lowest BCUT2D eigenvalue weighted by Crippen LogP contribution is -2.67. The summed E-state index contributed by atoms with van der Waals surface area (Å²) in [7, 11) is -4.64. The maximum Gasteiger partial charge on any atom is 0.469 e. The molecule has 0 radical (unpaired) electrons. The van der Waals surface area contributed by atoms with Gasteiger partial charge >= 0.3 is 7.82 Å². The fourth-order valence-electron chi connectivity index (χ4n) is 2.47. The molecule has 3 aliphatic heterocycles. The molecule has 11 nitrogen and oxygen atoms in total. The number of thiol groups is 2. The number of nitrogens with one attached hydrogen (secondary N) is 4. The lowest BCUT2D eigenvalue weighted by atomic mass is 10.1. The molecule has 0 fully saturated rings. The number of phosphoric ester groups is 1. The fraction of sp³-hybridized carbons (Fsp3) is 0.500. The number of ether oxygens (including phenoxy) is 1. The average Bonchev–Trinajstić information content (AvgIpc) is 2.47. The van der Waals surface area contributed by atoms with E-state index in [2.05, 4.69) is 51.0 Å². The number of hydrogen-bond donors (Lipinski definition) is 9. The van der Waals surface area contributed by atoms with E-state index in [1.165, 1.54) is 0 Å². The minimum Gasteiger partial charge on any atom is -0.366 e. The van der Waals surface area contributed by atoms with Crippen molar-refractivity contribution in [2.75, 3.05) is 6.61 Å². The highest BCUT2D eigenvalue weighted by atomic mass is 32.1. The second-order valence-electron chi connectivity index (χ2n) is 5.21. The third-order valence-electron chi connectivity index (χ3n) is 3.52. The van der Waals surface area contributed by atoms with Gasteiger partial charge in [0.1, 0.15) is 23.7 Å². The van der Waals surface area contributed by atoms with E-state index in [1.54, 1.807) is 0 Å². The third kappa shape index (κ3) is 3.53. The van der Waals surface area contributed by atoms with Gasteiger partial charge in [0.05, 0.1) is 6.61 Å². The van der Waals surface area contributed by atoms with Crippen LogP contribution in [0.15, 0.2) is 21.3 Å². The summed E-state index contributed by atoms with van der Waals surface area (Å²) in [6, 6.07) is -0.521. The van der Waals surface area contributed by atoms with Crippen LogP contribution in [0.5, 0.6) is 0 Å². The van der Waals surface area contributed by atoms with Crippen molar-refractivity contribution in [1.29, 1.82) is 0 Å². The predicted octanol–water partition coefficient (Wildman–Crippen LogP) is -2.42. The second kappa shape index (κ2) is 6.42. The van der Waals surface area contributed by atoms with Gasteiger partial charge in [-0.25, -0.2) is 4.57 Å². The van der Waals surface area contributed by atoms with E-state index in [9.17, 15) is 9.36 Å². The number of phosphoric acid groups is 1. The fourth-order valence-corrected chi connectivity index (χ4v) is 3.42. The number of carbonyl (C=O) groups excluding carboxylic acids is 1. The summed E-state index contributed by atoms with van der Waals surface area (Å²) >= 11 is 8.66. The quantitative estimate of drug-likeness (QED) is 0.185. The standard InChI is InChI=1S/C10H16N5O6PS2/c11-10-14-7-4(8(16)15-10)12-3-6(24)5(23)2(21-9(3)13-7)1-20-22(17,18)19/h2-3,9-10,12-14,23-24H,1,11H2,(H,15,16)(H2,17,18,19)/t2-,3+,9-,10?/m1/s1. The van der Waals surface area contributed by atoms with Crippen LogP contribution in [0.25, 0.3) is 0 Å². The Labute approximate surface area is 147 Å². The van der Waals surface area contributed by atoms with E-state index < -0.39 is 45.0 Å². The Bertz CT molecular complexity index is 681. The van der Waals surface area contributed by atoms with Crippen molar-refractivity contribution in [2.45, 2.75) is 24.7 Å². The average molecular weight is 397 g/mol. The van der Waals surface area contributed by atoms with E-state index in [4.69, 9.17) is 20.3 Å². The molecule has 3 heterocycles. The SMILES string of the molecule is NC1NC(=O)C2=C(N1)N[C@@H]1O[C@H](COP(=O)(O)O)C(S)=C(S)[C@@H]1N2. The van der Waals surface area contributed by atoms with Crippen LogP contribution < -0.4 is 27.0 Å². The molecule has 0 spiro atoms.